The first-order chi connectivity index (χ1) is 9.84. The van der Waals surface area contributed by atoms with Gasteiger partial charge in [-0.1, -0.05) is 0 Å². The highest BCUT2D eigenvalue weighted by atomic mass is 16.5. The van der Waals surface area contributed by atoms with Crippen LogP contribution in [0.3, 0.4) is 0 Å². The second-order valence-corrected chi connectivity index (χ2v) is 5.01. The fourth-order valence-corrected chi connectivity index (χ4v) is 2.54. The number of aromatic nitrogens is 2. The van der Waals surface area contributed by atoms with E-state index < -0.39 is 0 Å². The van der Waals surface area contributed by atoms with Gasteiger partial charge in [-0.15, -0.1) is 0 Å². The van der Waals surface area contributed by atoms with Crippen molar-refractivity contribution >= 4 is 11.2 Å². The molecule has 0 unspecified atom stereocenters. The van der Waals surface area contributed by atoms with Gasteiger partial charge in [-0.25, -0.2) is 9.78 Å². The van der Waals surface area contributed by atoms with Crippen molar-refractivity contribution in [2.24, 2.45) is 0 Å². The molecule has 0 saturated carbocycles. The Hall–Kier alpha value is -1.66. The fraction of sp³-hybridized carbons (Fsp3) is 0.571. The van der Waals surface area contributed by atoms with Gasteiger partial charge in [0, 0.05) is 25.8 Å². The lowest BCUT2D eigenvalue weighted by Gasteiger charge is -2.26. The summed E-state index contributed by atoms with van der Waals surface area (Å²) in [4.78, 5) is 18.2. The maximum atomic E-state index is 11.8. The number of oxazole rings is 1. The second-order valence-electron chi connectivity index (χ2n) is 5.01. The van der Waals surface area contributed by atoms with E-state index >= 15 is 0 Å². The van der Waals surface area contributed by atoms with E-state index in [9.17, 15) is 4.79 Å². The van der Waals surface area contributed by atoms with E-state index in [1.165, 1.54) is 0 Å². The summed E-state index contributed by atoms with van der Waals surface area (Å²) in [6.07, 6.45) is 3.66. The molecule has 1 aliphatic rings. The van der Waals surface area contributed by atoms with E-state index in [1.807, 2.05) is 12.1 Å². The fourth-order valence-electron chi connectivity index (χ4n) is 2.54. The monoisotopic (exact) mass is 277 g/mol. The predicted molar refractivity (Wildman–Crippen MR) is 74.8 cm³/mol. The third-order valence-corrected chi connectivity index (χ3v) is 3.66. The Bertz CT molecular complexity index is 613. The summed E-state index contributed by atoms with van der Waals surface area (Å²) in [5.74, 6) is -0.315. The molecule has 1 saturated heterocycles. The molecule has 0 spiro atoms. The quantitative estimate of drug-likeness (QED) is 0.766. The molecule has 0 N–H and O–H groups in total. The Morgan fingerprint density at radius 2 is 2.00 bits per heavy atom. The lowest BCUT2D eigenvalue weighted by atomic mass is 10.2. The molecule has 0 aliphatic carbocycles. The molecule has 6 heteroatoms. The Morgan fingerprint density at radius 3 is 2.85 bits per heavy atom. The maximum absolute atomic E-state index is 11.8. The van der Waals surface area contributed by atoms with Gasteiger partial charge in [-0.3, -0.25) is 9.47 Å². The highest BCUT2D eigenvalue weighted by Gasteiger charge is 2.11. The van der Waals surface area contributed by atoms with Crippen LogP contribution >= 0.6 is 0 Å². The SMILES string of the molecule is O=c1oc2ncccc2n1CCCCN1CCOCC1. The zero-order valence-corrected chi connectivity index (χ0v) is 11.5. The molecular formula is C14H19N3O3. The second kappa shape index (κ2) is 6.19. The summed E-state index contributed by atoms with van der Waals surface area (Å²) < 4.78 is 12.1. The molecule has 1 aliphatic heterocycles. The van der Waals surface area contributed by atoms with Crippen LogP contribution in [0.1, 0.15) is 12.8 Å². The predicted octanol–water partition coefficient (Wildman–Crippen LogP) is 1.10. The molecule has 20 heavy (non-hydrogen) atoms. The summed E-state index contributed by atoms with van der Waals surface area (Å²) in [6.45, 7) is 5.43. The van der Waals surface area contributed by atoms with E-state index in [1.54, 1.807) is 10.8 Å². The van der Waals surface area contributed by atoms with Crippen molar-refractivity contribution < 1.29 is 9.15 Å². The standard InChI is InChI=1S/C14H19N3O3/c18-14-17(12-4-3-5-15-13(12)20-14)7-2-1-6-16-8-10-19-11-9-16/h3-5H,1-2,6-11H2. The summed E-state index contributed by atoms with van der Waals surface area (Å²) in [7, 11) is 0. The van der Waals surface area contributed by atoms with Gasteiger partial charge in [0.25, 0.3) is 0 Å². The van der Waals surface area contributed by atoms with Crippen molar-refractivity contribution in [2.45, 2.75) is 19.4 Å². The first-order valence-electron chi connectivity index (χ1n) is 7.09. The van der Waals surface area contributed by atoms with Gasteiger partial charge < -0.3 is 9.15 Å². The molecule has 1 fully saturated rings. The maximum Gasteiger partial charge on any atom is 0.421 e. The highest BCUT2D eigenvalue weighted by Crippen LogP contribution is 2.10. The first kappa shape index (κ1) is 13.3. The molecule has 0 aromatic carbocycles. The number of aryl methyl sites for hydroxylation is 1. The molecule has 3 heterocycles. The van der Waals surface area contributed by atoms with Crippen LogP contribution in [-0.2, 0) is 11.3 Å². The van der Waals surface area contributed by atoms with Crippen molar-refractivity contribution in [3.63, 3.8) is 0 Å². The molecule has 0 radical (unpaired) electrons. The molecule has 108 valence electrons. The van der Waals surface area contributed by atoms with E-state index in [-0.39, 0.29) is 5.76 Å². The number of rotatable bonds is 5. The zero-order valence-electron chi connectivity index (χ0n) is 11.5. The van der Waals surface area contributed by atoms with Crippen molar-refractivity contribution in [3.8, 4) is 0 Å². The Kier molecular flexibility index (Phi) is 4.13. The van der Waals surface area contributed by atoms with Crippen LogP contribution in [0.15, 0.2) is 27.5 Å². The normalized spacial score (nSPS) is 16.8. The molecule has 2 aromatic rings. The van der Waals surface area contributed by atoms with E-state index in [0.29, 0.717) is 12.3 Å². The van der Waals surface area contributed by atoms with E-state index in [0.717, 1.165) is 51.2 Å². The number of hydrogen-bond acceptors (Lipinski definition) is 5. The Labute approximate surface area is 117 Å². The molecule has 3 rings (SSSR count). The average molecular weight is 277 g/mol. The number of morpholine rings is 1. The Morgan fingerprint density at radius 1 is 1.20 bits per heavy atom. The minimum atomic E-state index is -0.315. The number of pyridine rings is 1. The summed E-state index contributed by atoms with van der Waals surface area (Å²) in [5, 5.41) is 0. The van der Waals surface area contributed by atoms with Crippen LogP contribution in [0.4, 0.5) is 0 Å². The van der Waals surface area contributed by atoms with Crippen molar-refractivity contribution in [1.82, 2.24) is 14.5 Å². The van der Waals surface area contributed by atoms with Gasteiger partial charge >= 0.3 is 5.76 Å². The molecule has 0 atom stereocenters. The minimum absolute atomic E-state index is 0.315. The van der Waals surface area contributed by atoms with Gasteiger partial charge in [0.2, 0.25) is 5.71 Å². The van der Waals surface area contributed by atoms with Crippen LogP contribution in [-0.4, -0.2) is 47.3 Å². The molecular weight excluding hydrogens is 258 g/mol. The summed E-state index contributed by atoms with van der Waals surface area (Å²) in [5.41, 5.74) is 1.20. The first-order valence-corrected chi connectivity index (χ1v) is 7.09. The minimum Gasteiger partial charge on any atom is -0.389 e. The zero-order chi connectivity index (χ0) is 13.8. The molecule has 0 amide bonds. The van der Waals surface area contributed by atoms with Crippen molar-refractivity contribution in [3.05, 3.63) is 28.9 Å². The van der Waals surface area contributed by atoms with Gasteiger partial charge in [-0.05, 0) is 31.5 Å². The third-order valence-electron chi connectivity index (χ3n) is 3.66. The number of fused-ring (bicyclic) bond motifs is 1. The summed E-state index contributed by atoms with van der Waals surface area (Å²) in [6, 6.07) is 3.69. The van der Waals surface area contributed by atoms with Crippen molar-refractivity contribution in [2.75, 3.05) is 32.8 Å². The van der Waals surface area contributed by atoms with E-state index in [4.69, 9.17) is 9.15 Å². The van der Waals surface area contributed by atoms with Gasteiger partial charge in [0.1, 0.15) is 5.52 Å². The van der Waals surface area contributed by atoms with E-state index in [2.05, 4.69) is 9.88 Å². The number of hydrogen-bond donors (Lipinski definition) is 0. The third kappa shape index (κ3) is 2.91. The van der Waals surface area contributed by atoms with Gasteiger partial charge in [0.05, 0.1) is 13.2 Å². The van der Waals surface area contributed by atoms with Crippen LogP contribution in [0.25, 0.3) is 11.2 Å². The van der Waals surface area contributed by atoms with Gasteiger partial charge in [-0.2, -0.15) is 0 Å². The van der Waals surface area contributed by atoms with Crippen LogP contribution in [0, 0.1) is 0 Å². The van der Waals surface area contributed by atoms with Crippen LogP contribution in [0.2, 0.25) is 0 Å². The largest absolute Gasteiger partial charge is 0.421 e. The lowest BCUT2D eigenvalue weighted by molar-refractivity contribution is 0.0370. The molecule has 6 nitrogen and oxygen atoms in total. The number of unbranched alkanes of at least 4 members (excludes halogenated alkanes) is 1. The average Bonchev–Trinajstić information content (AvgIpc) is 2.80. The molecule has 2 aromatic heterocycles. The van der Waals surface area contributed by atoms with Crippen LogP contribution < -0.4 is 5.76 Å². The van der Waals surface area contributed by atoms with Crippen LogP contribution in [0.5, 0.6) is 0 Å². The molecule has 0 bridgehead atoms. The smallest absolute Gasteiger partial charge is 0.389 e. The topological polar surface area (TPSA) is 60.5 Å². The highest BCUT2D eigenvalue weighted by molar-refractivity contribution is 5.67. The van der Waals surface area contributed by atoms with Crippen molar-refractivity contribution in [1.29, 1.82) is 0 Å². The Balaban J connectivity index is 1.54. The van der Waals surface area contributed by atoms with Gasteiger partial charge in [0.15, 0.2) is 0 Å². The lowest BCUT2D eigenvalue weighted by Crippen LogP contribution is -2.36. The summed E-state index contributed by atoms with van der Waals surface area (Å²) >= 11 is 0. The number of ether oxygens (including phenoxy) is 1. The number of nitrogens with zero attached hydrogens (tertiary/aromatic N) is 3.